The number of nitrogens with one attached hydrogen (secondary N) is 1. The second-order valence-electron chi connectivity index (χ2n) is 6.73. The molecule has 1 aliphatic rings. The number of halogens is 3. The summed E-state index contributed by atoms with van der Waals surface area (Å²) in [6.45, 7) is 0.475. The van der Waals surface area contributed by atoms with Crippen molar-refractivity contribution in [2.45, 2.75) is 24.7 Å². The number of benzene rings is 1. The smallest absolute Gasteiger partial charge is 0.168 e. The van der Waals surface area contributed by atoms with E-state index in [1.54, 1.807) is 24.4 Å². The summed E-state index contributed by atoms with van der Waals surface area (Å²) in [5.74, 6) is -1.70. The molecule has 0 spiro atoms. The number of nitrogens with zero attached hydrogens (tertiary/aromatic N) is 3. The maximum atomic E-state index is 14.2. The van der Waals surface area contributed by atoms with E-state index in [1.165, 1.54) is 18.2 Å². The molecule has 0 radical (unpaired) electrons. The van der Waals surface area contributed by atoms with Crippen molar-refractivity contribution in [3.8, 4) is 11.3 Å². The van der Waals surface area contributed by atoms with E-state index in [0.29, 0.717) is 18.1 Å². The third-order valence-corrected chi connectivity index (χ3v) is 5.07. The highest BCUT2D eigenvalue weighted by atomic mass is 19.2. The molecule has 2 aromatic heterocycles. The van der Waals surface area contributed by atoms with Gasteiger partial charge in [-0.05, 0) is 49.2 Å². The van der Waals surface area contributed by atoms with Crippen molar-refractivity contribution in [2.24, 2.45) is 0 Å². The molecule has 3 aromatic rings. The number of pyridine rings is 1. The average molecular weight is 370 g/mol. The van der Waals surface area contributed by atoms with E-state index < -0.39 is 11.6 Å². The molecule has 0 saturated heterocycles. The fourth-order valence-electron chi connectivity index (χ4n) is 3.41. The normalized spacial score (nSPS) is 15.2. The zero-order valence-electron chi connectivity index (χ0n) is 14.4. The molecule has 1 aromatic carbocycles. The van der Waals surface area contributed by atoms with Gasteiger partial charge in [0.25, 0.3) is 0 Å². The number of aromatic nitrogens is 3. The third kappa shape index (κ3) is 3.25. The van der Waals surface area contributed by atoms with Gasteiger partial charge in [-0.2, -0.15) is 0 Å². The first-order chi connectivity index (χ1) is 13.1. The summed E-state index contributed by atoms with van der Waals surface area (Å²) >= 11 is 0. The van der Waals surface area contributed by atoms with Crippen LogP contribution in [0.2, 0.25) is 0 Å². The molecule has 27 heavy (non-hydrogen) atoms. The minimum Gasteiger partial charge on any atom is -0.368 e. The average Bonchev–Trinajstić information content (AvgIpc) is 2.65. The Labute approximate surface area is 154 Å². The molecule has 0 amide bonds. The predicted molar refractivity (Wildman–Crippen MR) is 95.6 cm³/mol. The van der Waals surface area contributed by atoms with Gasteiger partial charge >= 0.3 is 0 Å². The Kier molecular flexibility index (Phi) is 4.51. The highest BCUT2D eigenvalue weighted by molar-refractivity contribution is 5.60. The van der Waals surface area contributed by atoms with Crippen LogP contribution in [-0.2, 0) is 5.41 Å². The quantitative estimate of drug-likeness (QED) is 0.719. The zero-order valence-corrected chi connectivity index (χ0v) is 14.4. The van der Waals surface area contributed by atoms with Crippen molar-refractivity contribution in [3.63, 3.8) is 0 Å². The Balaban J connectivity index is 1.51. The van der Waals surface area contributed by atoms with Crippen molar-refractivity contribution in [1.82, 2.24) is 15.2 Å². The number of rotatable bonds is 5. The summed E-state index contributed by atoms with van der Waals surface area (Å²) in [5, 5.41) is 11.2. The monoisotopic (exact) mass is 370 g/mol. The Bertz CT molecular complexity index is 956. The van der Waals surface area contributed by atoms with Gasteiger partial charge in [-0.15, -0.1) is 10.2 Å². The van der Waals surface area contributed by atoms with Gasteiger partial charge in [-0.1, -0.05) is 12.5 Å². The van der Waals surface area contributed by atoms with Crippen LogP contribution < -0.4 is 5.32 Å². The van der Waals surface area contributed by atoms with Crippen LogP contribution in [0.5, 0.6) is 0 Å². The molecular weight excluding hydrogens is 353 g/mol. The maximum Gasteiger partial charge on any atom is 0.168 e. The molecule has 4 nitrogen and oxygen atoms in total. The van der Waals surface area contributed by atoms with Gasteiger partial charge in [0, 0.05) is 23.7 Å². The Morgan fingerprint density at radius 1 is 0.926 bits per heavy atom. The Hall–Kier alpha value is -2.96. The molecule has 0 unspecified atom stereocenters. The van der Waals surface area contributed by atoms with E-state index in [1.807, 2.05) is 0 Å². The molecule has 4 rings (SSSR count). The summed E-state index contributed by atoms with van der Waals surface area (Å²) < 4.78 is 41.4. The first-order valence-electron chi connectivity index (χ1n) is 8.72. The van der Waals surface area contributed by atoms with Crippen molar-refractivity contribution in [3.05, 3.63) is 71.8 Å². The summed E-state index contributed by atoms with van der Waals surface area (Å²) in [6, 6.07) is 10.1. The van der Waals surface area contributed by atoms with Crippen LogP contribution in [0.1, 0.15) is 25.0 Å². The standard InChI is InChI=1S/C20H17F3N4/c21-14-5-1-4-13(18(14)23)16-7-8-17(27-26-16)25-12-20(9-3-10-20)19-15(22)6-2-11-24-19/h1-2,4-8,11H,3,9-10,12H2,(H,25,27). The highest BCUT2D eigenvalue weighted by Gasteiger charge is 2.41. The second-order valence-corrected chi connectivity index (χ2v) is 6.73. The highest BCUT2D eigenvalue weighted by Crippen LogP contribution is 2.43. The summed E-state index contributed by atoms with van der Waals surface area (Å²) in [5.41, 5.74) is 0.405. The van der Waals surface area contributed by atoms with E-state index in [-0.39, 0.29) is 22.5 Å². The zero-order chi connectivity index (χ0) is 18.9. The minimum absolute atomic E-state index is 0.0556. The molecule has 1 N–H and O–H groups in total. The van der Waals surface area contributed by atoms with Crippen LogP contribution in [0.3, 0.4) is 0 Å². The first kappa shape index (κ1) is 17.5. The van der Waals surface area contributed by atoms with Crippen molar-refractivity contribution < 1.29 is 13.2 Å². The summed E-state index contributed by atoms with van der Waals surface area (Å²) in [7, 11) is 0. The van der Waals surface area contributed by atoms with Gasteiger partial charge in [0.05, 0.1) is 11.4 Å². The fraction of sp³-hybridized carbons (Fsp3) is 0.250. The van der Waals surface area contributed by atoms with Crippen LogP contribution in [0, 0.1) is 17.5 Å². The SMILES string of the molecule is Fc1cccnc1C1(CNc2ccc(-c3cccc(F)c3F)nn2)CCC1. The first-order valence-corrected chi connectivity index (χ1v) is 8.72. The third-order valence-electron chi connectivity index (χ3n) is 5.07. The predicted octanol–water partition coefficient (Wildman–Crippen LogP) is 4.49. The van der Waals surface area contributed by atoms with E-state index in [4.69, 9.17) is 0 Å². The topological polar surface area (TPSA) is 50.7 Å². The molecule has 0 atom stereocenters. The van der Waals surface area contributed by atoms with E-state index >= 15 is 0 Å². The van der Waals surface area contributed by atoms with Gasteiger partial charge in [0.2, 0.25) is 0 Å². The molecule has 1 saturated carbocycles. The van der Waals surface area contributed by atoms with Gasteiger partial charge in [-0.25, -0.2) is 13.2 Å². The molecular formula is C20H17F3N4. The van der Waals surface area contributed by atoms with Gasteiger partial charge in [0.1, 0.15) is 11.6 Å². The molecule has 2 heterocycles. The lowest BCUT2D eigenvalue weighted by atomic mass is 9.66. The lowest BCUT2D eigenvalue weighted by Crippen LogP contribution is -2.42. The van der Waals surface area contributed by atoms with Crippen LogP contribution in [-0.4, -0.2) is 21.7 Å². The minimum atomic E-state index is -0.952. The lowest BCUT2D eigenvalue weighted by molar-refractivity contribution is 0.243. The Morgan fingerprint density at radius 3 is 2.41 bits per heavy atom. The largest absolute Gasteiger partial charge is 0.368 e. The van der Waals surface area contributed by atoms with Crippen LogP contribution in [0.15, 0.2) is 48.7 Å². The molecule has 0 aliphatic heterocycles. The molecule has 138 valence electrons. The molecule has 0 bridgehead atoms. The van der Waals surface area contributed by atoms with Crippen LogP contribution >= 0.6 is 0 Å². The molecule has 7 heteroatoms. The van der Waals surface area contributed by atoms with Crippen LogP contribution in [0.25, 0.3) is 11.3 Å². The fourth-order valence-corrected chi connectivity index (χ4v) is 3.41. The van der Waals surface area contributed by atoms with E-state index in [9.17, 15) is 13.2 Å². The van der Waals surface area contributed by atoms with Crippen molar-refractivity contribution >= 4 is 5.82 Å². The van der Waals surface area contributed by atoms with Crippen molar-refractivity contribution in [1.29, 1.82) is 0 Å². The number of hydrogen-bond acceptors (Lipinski definition) is 4. The van der Waals surface area contributed by atoms with Gasteiger partial charge < -0.3 is 5.32 Å². The summed E-state index contributed by atoms with van der Waals surface area (Å²) in [4.78, 5) is 4.23. The summed E-state index contributed by atoms with van der Waals surface area (Å²) in [6.07, 6.45) is 4.30. The van der Waals surface area contributed by atoms with Gasteiger partial charge in [-0.3, -0.25) is 4.98 Å². The lowest BCUT2D eigenvalue weighted by Gasteiger charge is -2.41. The maximum absolute atomic E-state index is 14.2. The molecule has 1 fully saturated rings. The number of hydrogen-bond donors (Lipinski definition) is 1. The second kappa shape index (κ2) is 6.98. The van der Waals surface area contributed by atoms with E-state index in [0.717, 1.165) is 25.3 Å². The Morgan fingerprint density at radius 2 is 1.74 bits per heavy atom. The van der Waals surface area contributed by atoms with Crippen LogP contribution in [0.4, 0.5) is 19.0 Å². The van der Waals surface area contributed by atoms with Gasteiger partial charge in [0.15, 0.2) is 11.6 Å². The molecule has 1 aliphatic carbocycles. The van der Waals surface area contributed by atoms with E-state index in [2.05, 4.69) is 20.5 Å². The van der Waals surface area contributed by atoms with Crippen molar-refractivity contribution in [2.75, 3.05) is 11.9 Å². The number of anilines is 1.